The number of hydrogen-bond acceptors (Lipinski definition) is 3. The van der Waals surface area contributed by atoms with Crippen LogP contribution >= 0.6 is 24.0 Å². The second-order valence-corrected chi connectivity index (χ2v) is 5.15. The Balaban J connectivity index is 0.00000529. The van der Waals surface area contributed by atoms with Gasteiger partial charge in [-0.05, 0) is 38.5 Å². The molecule has 24 heavy (non-hydrogen) atoms. The molecule has 1 rings (SSSR count). The molecule has 0 aliphatic carbocycles. The summed E-state index contributed by atoms with van der Waals surface area (Å²) in [5.41, 5.74) is 0.462. The lowest BCUT2D eigenvalue weighted by Crippen LogP contribution is -2.41. The summed E-state index contributed by atoms with van der Waals surface area (Å²) in [5.74, 6) is 0.241. The van der Waals surface area contributed by atoms with Gasteiger partial charge < -0.3 is 20.5 Å². The maximum Gasteiger partial charge on any atom is 0.573 e. The third kappa shape index (κ3) is 9.16. The van der Waals surface area contributed by atoms with Crippen LogP contribution in [-0.4, -0.2) is 36.6 Å². The van der Waals surface area contributed by atoms with Crippen LogP contribution in [0.3, 0.4) is 0 Å². The van der Waals surface area contributed by atoms with E-state index < -0.39 is 12.5 Å². The lowest BCUT2D eigenvalue weighted by Gasteiger charge is -2.15. The lowest BCUT2D eigenvalue weighted by molar-refractivity contribution is -0.274. The van der Waals surface area contributed by atoms with Crippen molar-refractivity contribution in [3.63, 3.8) is 0 Å². The van der Waals surface area contributed by atoms with E-state index in [1.165, 1.54) is 12.1 Å². The molecule has 1 atom stereocenters. The van der Waals surface area contributed by atoms with Crippen molar-refractivity contribution < 1.29 is 23.0 Å². The van der Waals surface area contributed by atoms with Gasteiger partial charge in [-0.3, -0.25) is 4.99 Å². The minimum Gasteiger partial charge on any atom is -0.406 e. The first kappa shape index (κ1) is 22.8. The molecule has 0 saturated heterocycles. The summed E-state index contributed by atoms with van der Waals surface area (Å²) in [6.07, 6.45) is -5.65. The Morgan fingerprint density at radius 3 is 2.29 bits per heavy atom. The number of nitrogens with one attached hydrogen (secondary N) is 2. The summed E-state index contributed by atoms with van der Waals surface area (Å²) in [6, 6.07) is 5.26. The summed E-state index contributed by atoms with van der Waals surface area (Å²) >= 11 is 0. The SMILES string of the molecule is CCNC(=NCC(O)c1ccc(OC(F)(F)F)cc1)NC(C)C.I. The highest BCUT2D eigenvalue weighted by Crippen LogP contribution is 2.24. The Kier molecular flexibility index (Phi) is 10.1. The second-order valence-electron chi connectivity index (χ2n) is 5.15. The smallest absolute Gasteiger partial charge is 0.406 e. The maximum absolute atomic E-state index is 12.1. The molecular weight excluding hydrogens is 438 g/mol. The van der Waals surface area contributed by atoms with E-state index in [1.54, 1.807) is 0 Å². The van der Waals surface area contributed by atoms with Crippen molar-refractivity contribution in [1.82, 2.24) is 10.6 Å². The quantitative estimate of drug-likeness (QED) is 0.346. The van der Waals surface area contributed by atoms with Gasteiger partial charge in [0.15, 0.2) is 5.96 Å². The molecular formula is C15H23F3IN3O2. The number of aliphatic imine (C=N–C) groups is 1. The van der Waals surface area contributed by atoms with Crippen molar-refractivity contribution in [2.45, 2.75) is 39.3 Å². The van der Waals surface area contributed by atoms with Crippen molar-refractivity contribution in [2.24, 2.45) is 4.99 Å². The number of aliphatic hydroxyl groups excluding tert-OH is 1. The second kappa shape index (κ2) is 10.6. The van der Waals surface area contributed by atoms with Crippen molar-refractivity contribution >= 4 is 29.9 Å². The molecule has 138 valence electrons. The van der Waals surface area contributed by atoms with E-state index in [9.17, 15) is 18.3 Å². The van der Waals surface area contributed by atoms with Gasteiger partial charge in [0.05, 0.1) is 12.6 Å². The molecule has 0 aliphatic rings. The topological polar surface area (TPSA) is 65.9 Å². The molecule has 0 spiro atoms. The zero-order valence-electron chi connectivity index (χ0n) is 13.7. The molecule has 9 heteroatoms. The minimum atomic E-state index is -4.73. The van der Waals surface area contributed by atoms with Crippen molar-refractivity contribution in [3.05, 3.63) is 29.8 Å². The zero-order valence-corrected chi connectivity index (χ0v) is 16.1. The molecule has 0 radical (unpaired) electrons. The average molecular weight is 461 g/mol. The first-order valence-corrected chi connectivity index (χ1v) is 7.30. The number of benzene rings is 1. The van der Waals surface area contributed by atoms with Gasteiger partial charge in [0.1, 0.15) is 5.75 Å². The summed E-state index contributed by atoms with van der Waals surface area (Å²) in [4.78, 5) is 4.24. The molecule has 0 fully saturated rings. The van der Waals surface area contributed by atoms with E-state index in [0.29, 0.717) is 18.1 Å². The zero-order chi connectivity index (χ0) is 17.5. The van der Waals surface area contributed by atoms with E-state index >= 15 is 0 Å². The van der Waals surface area contributed by atoms with Gasteiger partial charge in [-0.1, -0.05) is 12.1 Å². The summed E-state index contributed by atoms with van der Waals surface area (Å²) in [6.45, 7) is 6.61. The standard InChI is InChI=1S/C15H22F3N3O2.HI/c1-4-19-14(21-10(2)3)20-9-13(22)11-5-7-12(8-6-11)23-15(16,17)18;/h5-8,10,13,22H,4,9H2,1-3H3,(H2,19,20,21);1H. The Hall–Kier alpha value is -1.23. The molecule has 0 aromatic heterocycles. The number of hydrogen-bond donors (Lipinski definition) is 3. The van der Waals surface area contributed by atoms with Crippen LogP contribution in [0.2, 0.25) is 0 Å². The first-order chi connectivity index (χ1) is 10.7. The third-order valence-corrected chi connectivity index (χ3v) is 2.69. The van der Waals surface area contributed by atoms with E-state index in [4.69, 9.17) is 0 Å². The van der Waals surface area contributed by atoms with Gasteiger partial charge in [0.2, 0.25) is 0 Å². The molecule has 5 nitrogen and oxygen atoms in total. The fraction of sp³-hybridized carbons (Fsp3) is 0.533. The van der Waals surface area contributed by atoms with E-state index in [1.807, 2.05) is 20.8 Å². The number of guanidine groups is 1. The number of rotatable bonds is 6. The number of halogens is 4. The summed E-state index contributed by atoms with van der Waals surface area (Å²) in [7, 11) is 0. The number of alkyl halides is 3. The normalized spacial score (nSPS) is 13.2. The van der Waals surface area contributed by atoms with E-state index in [0.717, 1.165) is 12.1 Å². The summed E-state index contributed by atoms with van der Waals surface area (Å²) < 4.78 is 40.0. The maximum atomic E-state index is 12.1. The number of ether oxygens (including phenoxy) is 1. The van der Waals surface area contributed by atoms with Gasteiger partial charge in [-0.25, -0.2) is 0 Å². The van der Waals surface area contributed by atoms with Gasteiger partial charge in [-0.15, -0.1) is 37.1 Å². The van der Waals surface area contributed by atoms with Crippen molar-refractivity contribution in [2.75, 3.05) is 13.1 Å². The summed E-state index contributed by atoms with van der Waals surface area (Å²) in [5, 5.41) is 16.2. The molecule has 1 unspecified atom stereocenters. The Morgan fingerprint density at radius 1 is 1.25 bits per heavy atom. The molecule has 1 aromatic rings. The molecule has 3 N–H and O–H groups in total. The number of nitrogens with zero attached hydrogens (tertiary/aromatic N) is 1. The third-order valence-electron chi connectivity index (χ3n) is 2.69. The van der Waals surface area contributed by atoms with Gasteiger partial charge in [0.25, 0.3) is 0 Å². The fourth-order valence-electron chi connectivity index (χ4n) is 1.77. The Bertz CT molecular complexity index is 508. The molecule has 1 aromatic carbocycles. The van der Waals surface area contributed by atoms with E-state index in [-0.39, 0.29) is 42.3 Å². The van der Waals surface area contributed by atoms with Crippen LogP contribution in [-0.2, 0) is 0 Å². The van der Waals surface area contributed by atoms with Crippen LogP contribution < -0.4 is 15.4 Å². The van der Waals surface area contributed by atoms with E-state index in [2.05, 4.69) is 20.4 Å². The van der Waals surface area contributed by atoms with Crippen LogP contribution in [0.5, 0.6) is 5.75 Å². The molecule has 0 heterocycles. The lowest BCUT2D eigenvalue weighted by atomic mass is 10.1. The van der Waals surface area contributed by atoms with Crippen LogP contribution in [0.25, 0.3) is 0 Å². The monoisotopic (exact) mass is 461 g/mol. The highest BCUT2D eigenvalue weighted by molar-refractivity contribution is 14.0. The van der Waals surface area contributed by atoms with Crippen LogP contribution in [0, 0.1) is 0 Å². The van der Waals surface area contributed by atoms with Gasteiger partial charge in [-0.2, -0.15) is 0 Å². The molecule has 0 bridgehead atoms. The fourth-order valence-corrected chi connectivity index (χ4v) is 1.77. The first-order valence-electron chi connectivity index (χ1n) is 7.30. The van der Waals surface area contributed by atoms with Crippen LogP contribution in [0.15, 0.2) is 29.3 Å². The van der Waals surface area contributed by atoms with Crippen LogP contribution in [0.4, 0.5) is 13.2 Å². The van der Waals surface area contributed by atoms with Crippen LogP contribution in [0.1, 0.15) is 32.4 Å². The molecule has 0 aliphatic heterocycles. The van der Waals surface area contributed by atoms with Crippen molar-refractivity contribution in [3.8, 4) is 5.75 Å². The Morgan fingerprint density at radius 2 is 1.83 bits per heavy atom. The average Bonchev–Trinajstić information content (AvgIpc) is 2.43. The highest BCUT2D eigenvalue weighted by atomic mass is 127. The number of aliphatic hydroxyl groups is 1. The highest BCUT2D eigenvalue weighted by Gasteiger charge is 2.31. The minimum absolute atomic E-state index is 0. The predicted octanol–water partition coefficient (Wildman–Crippen LogP) is 3.20. The molecule has 0 amide bonds. The molecule has 0 saturated carbocycles. The van der Waals surface area contributed by atoms with Gasteiger partial charge >= 0.3 is 6.36 Å². The predicted molar refractivity (Wildman–Crippen MR) is 97.8 cm³/mol. The Labute approximate surface area is 156 Å². The largest absolute Gasteiger partial charge is 0.573 e. The van der Waals surface area contributed by atoms with Crippen molar-refractivity contribution in [1.29, 1.82) is 0 Å². The van der Waals surface area contributed by atoms with Gasteiger partial charge in [0, 0.05) is 12.6 Å².